The predicted octanol–water partition coefficient (Wildman–Crippen LogP) is 2.45. The van der Waals surface area contributed by atoms with Gasteiger partial charge in [0.15, 0.2) is 23.1 Å². The molecule has 1 aliphatic heterocycles. The van der Waals surface area contributed by atoms with E-state index >= 15 is 0 Å². The van der Waals surface area contributed by atoms with Gasteiger partial charge in [-0.2, -0.15) is 0 Å². The zero-order valence-electron chi connectivity index (χ0n) is 11.2. The molecule has 0 amide bonds. The maximum atomic E-state index is 12.2. The van der Waals surface area contributed by atoms with Gasteiger partial charge in [0.2, 0.25) is 6.79 Å². The molecule has 0 saturated carbocycles. The SMILES string of the molecule is Nc1ccc(C(=O)CC(=O)c2ccc3c(c2)OCO3)cc1. The number of anilines is 1. The van der Waals surface area contributed by atoms with E-state index in [2.05, 4.69) is 0 Å². The maximum absolute atomic E-state index is 12.2. The fraction of sp³-hybridized carbons (Fsp3) is 0.125. The van der Waals surface area contributed by atoms with Gasteiger partial charge in [0, 0.05) is 16.8 Å². The average Bonchev–Trinajstić information content (AvgIpc) is 2.95. The molecule has 0 saturated heterocycles. The number of nitrogens with two attached hydrogens (primary N) is 1. The van der Waals surface area contributed by atoms with Crippen LogP contribution in [0.15, 0.2) is 42.5 Å². The summed E-state index contributed by atoms with van der Waals surface area (Å²) in [6.07, 6.45) is -0.191. The summed E-state index contributed by atoms with van der Waals surface area (Å²) in [6.45, 7) is 0.150. The standard InChI is InChI=1S/C16H13NO4/c17-12-4-1-10(2-5-12)13(18)8-14(19)11-3-6-15-16(7-11)21-9-20-15/h1-7H,8-9,17H2. The van der Waals surface area contributed by atoms with Gasteiger partial charge in [0.1, 0.15) is 0 Å². The first-order valence-corrected chi connectivity index (χ1v) is 6.45. The molecule has 0 spiro atoms. The molecule has 0 aromatic heterocycles. The maximum Gasteiger partial charge on any atom is 0.231 e. The Hall–Kier alpha value is -2.82. The summed E-state index contributed by atoms with van der Waals surface area (Å²) < 4.78 is 10.4. The number of hydrogen-bond acceptors (Lipinski definition) is 5. The van der Waals surface area contributed by atoms with Gasteiger partial charge >= 0.3 is 0 Å². The highest BCUT2D eigenvalue weighted by molar-refractivity contribution is 6.13. The van der Waals surface area contributed by atoms with Gasteiger partial charge in [0.25, 0.3) is 0 Å². The van der Waals surface area contributed by atoms with Crippen LogP contribution in [-0.2, 0) is 0 Å². The highest BCUT2D eigenvalue weighted by Gasteiger charge is 2.18. The number of ketones is 2. The van der Waals surface area contributed by atoms with E-state index in [0.717, 1.165) is 0 Å². The Kier molecular flexibility index (Phi) is 3.31. The number of nitrogen functional groups attached to an aromatic ring is 1. The van der Waals surface area contributed by atoms with Gasteiger partial charge in [-0.15, -0.1) is 0 Å². The minimum Gasteiger partial charge on any atom is -0.454 e. The Balaban J connectivity index is 1.74. The van der Waals surface area contributed by atoms with E-state index in [-0.39, 0.29) is 24.8 Å². The van der Waals surface area contributed by atoms with Gasteiger partial charge < -0.3 is 15.2 Å². The quantitative estimate of drug-likeness (QED) is 0.529. The van der Waals surface area contributed by atoms with Crippen LogP contribution in [0.3, 0.4) is 0 Å². The number of rotatable bonds is 4. The molecule has 1 aliphatic rings. The molecule has 2 N–H and O–H groups in total. The summed E-state index contributed by atoms with van der Waals surface area (Å²) in [7, 11) is 0. The lowest BCUT2D eigenvalue weighted by Crippen LogP contribution is -2.08. The Morgan fingerprint density at radius 3 is 2.29 bits per heavy atom. The van der Waals surface area contributed by atoms with Gasteiger partial charge in [-0.25, -0.2) is 0 Å². The fourth-order valence-electron chi connectivity index (χ4n) is 2.09. The Labute approximate surface area is 121 Å². The van der Waals surface area contributed by atoms with Crippen LogP contribution in [0.1, 0.15) is 27.1 Å². The molecule has 0 atom stereocenters. The normalized spacial score (nSPS) is 12.2. The molecule has 0 bridgehead atoms. The lowest BCUT2D eigenvalue weighted by Gasteiger charge is -2.03. The third-order valence-corrected chi connectivity index (χ3v) is 3.25. The Morgan fingerprint density at radius 1 is 0.905 bits per heavy atom. The number of carbonyl (C=O) groups excluding carboxylic acids is 2. The zero-order chi connectivity index (χ0) is 14.8. The lowest BCUT2D eigenvalue weighted by atomic mass is 10.0. The number of Topliss-reactive ketones (excluding diaryl/α,β-unsaturated/α-hetero) is 2. The topological polar surface area (TPSA) is 78.6 Å². The van der Waals surface area contributed by atoms with Crippen molar-refractivity contribution in [1.29, 1.82) is 0 Å². The average molecular weight is 283 g/mol. The Morgan fingerprint density at radius 2 is 1.52 bits per heavy atom. The molecule has 2 aromatic carbocycles. The summed E-state index contributed by atoms with van der Waals surface area (Å²) >= 11 is 0. The lowest BCUT2D eigenvalue weighted by molar-refractivity contribution is 0.0894. The minimum atomic E-state index is -0.255. The summed E-state index contributed by atoms with van der Waals surface area (Å²) in [5, 5.41) is 0. The smallest absolute Gasteiger partial charge is 0.231 e. The van der Waals surface area contributed by atoms with Gasteiger partial charge in [-0.05, 0) is 42.5 Å². The highest BCUT2D eigenvalue weighted by Crippen LogP contribution is 2.32. The number of hydrogen-bond donors (Lipinski definition) is 1. The molecule has 0 radical (unpaired) electrons. The summed E-state index contributed by atoms with van der Waals surface area (Å²) in [6, 6.07) is 11.4. The second kappa shape index (κ2) is 5.28. The summed E-state index contributed by atoms with van der Waals surface area (Å²) in [4.78, 5) is 24.2. The highest BCUT2D eigenvalue weighted by atomic mass is 16.7. The molecular formula is C16H13NO4. The van der Waals surface area contributed by atoms with Crippen molar-refractivity contribution in [2.24, 2.45) is 0 Å². The van der Waals surface area contributed by atoms with Crippen molar-refractivity contribution >= 4 is 17.3 Å². The van der Waals surface area contributed by atoms with Crippen LogP contribution >= 0.6 is 0 Å². The van der Waals surface area contributed by atoms with E-state index in [1.54, 1.807) is 42.5 Å². The van der Waals surface area contributed by atoms with Crippen molar-refractivity contribution in [2.75, 3.05) is 12.5 Å². The molecule has 5 heteroatoms. The third-order valence-electron chi connectivity index (χ3n) is 3.25. The van der Waals surface area contributed by atoms with E-state index in [1.165, 1.54) is 0 Å². The molecular weight excluding hydrogens is 270 g/mol. The van der Waals surface area contributed by atoms with E-state index in [4.69, 9.17) is 15.2 Å². The zero-order valence-corrected chi connectivity index (χ0v) is 11.2. The van der Waals surface area contributed by atoms with Crippen LogP contribution in [0.25, 0.3) is 0 Å². The van der Waals surface area contributed by atoms with E-state index in [1.807, 2.05) is 0 Å². The van der Waals surface area contributed by atoms with Crippen LogP contribution in [0.4, 0.5) is 5.69 Å². The molecule has 0 unspecified atom stereocenters. The second-order valence-electron chi connectivity index (χ2n) is 4.71. The van der Waals surface area contributed by atoms with Crippen molar-refractivity contribution in [2.45, 2.75) is 6.42 Å². The van der Waals surface area contributed by atoms with Crippen LogP contribution in [0.5, 0.6) is 11.5 Å². The molecule has 0 aliphatic carbocycles. The number of carbonyl (C=O) groups is 2. The van der Waals surface area contributed by atoms with Gasteiger partial charge in [-0.3, -0.25) is 9.59 Å². The van der Waals surface area contributed by atoms with Gasteiger partial charge in [-0.1, -0.05) is 0 Å². The van der Waals surface area contributed by atoms with Crippen molar-refractivity contribution in [3.63, 3.8) is 0 Å². The molecule has 1 heterocycles. The number of fused-ring (bicyclic) bond motifs is 1. The van der Waals surface area contributed by atoms with Crippen molar-refractivity contribution in [1.82, 2.24) is 0 Å². The van der Waals surface area contributed by atoms with Crippen molar-refractivity contribution in [3.8, 4) is 11.5 Å². The minimum absolute atomic E-state index is 0.150. The summed E-state index contributed by atoms with van der Waals surface area (Å²) in [5.41, 5.74) is 7.05. The molecule has 5 nitrogen and oxygen atoms in total. The molecule has 106 valence electrons. The molecule has 0 fully saturated rings. The third kappa shape index (κ3) is 2.72. The first-order valence-electron chi connectivity index (χ1n) is 6.45. The molecule has 3 rings (SSSR count). The van der Waals surface area contributed by atoms with E-state index in [0.29, 0.717) is 28.3 Å². The Bertz CT molecular complexity index is 707. The fourth-order valence-corrected chi connectivity index (χ4v) is 2.09. The van der Waals surface area contributed by atoms with Crippen LogP contribution in [0.2, 0.25) is 0 Å². The van der Waals surface area contributed by atoms with Crippen LogP contribution < -0.4 is 15.2 Å². The van der Waals surface area contributed by atoms with Crippen LogP contribution in [0, 0.1) is 0 Å². The van der Waals surface area contributed by atoms with E-state index < -0.39 is 0 Å². The monoisotopic (exact) mass is 283 g/mol. The van der Waals surface area contributed by atoms with Crippen molar-refractivity contribution in [3.05, 3.63) is 53.6 Å². The summed E-state index contributed by atoms with van der Waals surface area (Å²) in [5.74, 6) is 0.644. The van der Waals surface area contributed by atoms with Crippen LogP contribution in [-0.4, -0.2) is 18.4 Å². The first-order chi connectivity index (χ1) is 10.1. The molecule has 2 aromatic rings. The molecule has 21 heavy (non-hydrogen) atoms. The second-order valence-corrected chi connectivity index (χ2v) is 4.71. The first kappa shape index (κ1) is 13.2. The number of benzene rings is 2. The predicted molar refractivity (Wildman–Crippen MR) is 76.7 cm³/mol. The largest absolute Gasteiger partial charge is 0.454 e. The van der Waals surface area contributed by atoms with Crippen molar-refractivity contribution < 1.29 is 19.1 Å². The van der Waals surface area contributed by atoms with E-state index in [9.17, 15) is 9.59 Å². The number of ether oxygens (including phenoxy) is 2. The van der Waals surface area contributed by atoms with Gasteiger partial charge in [0.05, 0.1) is 6.42 Å².